The van der Waals surface area contributed by atoms with E-state index in [2.05, 4.69) is 5.32 Å². The maximum Gasteiger partial charge on any atom is 0.193 e. The lowest BCUT2D eigenvalue weighted by atomic mass is 10.2. The Hall–Kier alpha value is -0.520. The maximum atomic E-state index is 11.4. The Kier molecular flexibility index (Phi) is 3.56. The second-order valence-corrected chi connectivity index (χ2v) is 6.64. The summed E-state index contributed by atoms with van der Waals surface area (Å²) in [4.78, 5) is 0. The summed E-state index contributed by atoms with van der Waals surface area (Å²) in [5.74, 6) is 1.27. The average Bonchev–Trinajstić information content (AvgIpc) is 2.60. The number of hydrogen-bond donors (Lipinski definition) is 1. The molecule has 1 aliphatic rings. The van der Waals surface area contributed by atoms with Crippen LogP contribution in [0.15, 0.2) is 16.5 Å². The lowest BCUT2D eigenvalue weighted by Crippen LogP contribution is -2.39. The number of hydrogen-bond acceptors (Lipinski definition) is 4. The van der Waals surface area contributed by atoms with Crippen molar-refractivity contribution in [1.29, 1.82) is 0 Å². The van der Waals surface area contributed by atoms with Gasteiger partial charge in [-0.1, -0.05) is 0 Å². The van der Waals surface area contributed by atoms with Gasteiger partial charge in [-0.15, -0.1) is 0 Å². The van der Waals surface area contributed by atoms with E-state index in [4.69, 9.17) is 16.0 Å². The van der Waals surface area contributed by atoms with Crippen molar-refractivity contribution in [3.05, 3.63) is 23.1 Å². The van der Waals surface area contributed by atoms with Crippen molar-refractivity contribution >= 4 is 21.4 Å². The third-order valence-corrected chi connectivity index (χ3v) is 4.68. The minimum absolute atomic E-state index is 0.0302. The van der Waals surface area contributed by atoms with Crippen LogP contribution in [0.25, 0.3) is 0 Å². The SMILES string of the molecule is O=S1(=O)CCCC(NCc2ccc(Cl)o2)C1. The first kappa shape index (κ1) is 12.0. The van der Waals surface area contributed by atoms with Gasteiger partial charge in [0.1, 0.15) is 5.76 Å². The van der Waals surface area contributed by atoms with E-state index in [0.29, 0.717) is 17.5 Å². The van der Waals surface area contributed by atoms with Crippen molar-refractivity contribution in [2.75, 3.05) is 11.5 Å². The van der Waals surface area contributed by atoms with Crippen LogP contribution in [0.1, 0.15) is 18.6 Å². The Bertz CT molecular complexity index is 454. The highest BCUT2D eigenvalue weighted by molar-refractivity contribution is 7.91. The lowest BCUT2D eigenvalue weighted by molar-refractivity contribution is 0.433. The van der Waals surface area contributed by atoms with Crippen molar-refractivity contribution in [3.8, 4) is 0 Å². The van der Waals surface area contributed by atoms with Gasteiger partial charge in [0.2, 0.25) is 0 Å². The smallest absolute Gasteiger partial charge is 0.193 e. The summed E-state index contributed by atoms with van der Waals surface area (Å²) in [6.45, 7) is 0.521. The Labute approximate surface area is 99.9 Å². The fourth-order valence-electron chi connectivity index (χ4n) is 1.88. The Morgan fingerprint density at radius 1 is 1.50 bits per heavy atom. The van der Waals surface area contributed by atoms with Gasteiger partial charge in [-0.25, -0.2) is 8.42 Å². The molecule has 4 nitrogen and oxygen atoms in total. The summed E-state index contributed by atoms with van der Waals surface area (Å²) in [5, 5.41) is 3.53. The van der Waals surface area contributed by atoms with Crippen LogP contribution < -0.4 is 5.32 Å². The third-order valence-electron chi connectivity index (χ3n) is 2.66. The summed E-state index contributed by atoms with van der Waals surface area (Å²) in [6.07, 6.45) is 1.63. The topological polar surface area (TPSA) is 59.3 Å². The van der Waals surface area contributed by atoms with Crippen LogP contribution in [0.3, 0.4) is 0 Å². The first-order valence-electron chi connectivity index (χ1n) is 5.23. The Morgan fingerprint density at radius 3 is 2.94 bits per heavy atom. The number of sulfone groups is 1. The molecule has 1 saturated heterocycles. The Morgan fingerprint density at radius 2 is 2.31 bits per heavy atom. The van der Waals surface area contributed by atoms with E-state index in [1.807, 2.05) is 0 Å². The molecule has 0 radical (unpaired) electrons. The summed E-state index contributed by atoms with van der Waals surface area (Å²) < 4.78 is 28.0. The normalized spacial score (nSPS) is 24.4. The molecule has 1 unspecified atom stereocenters. The van der Waals surface area contributed by atoms with Gasteiger partial charge in [0.05, 0.1) is 18.1 Å². The minimum atomic E-state index is -2.85. The number of furan rings is 1. The molecular weight excluding hydrogens is 250 g/mol. The molecule has 16 heavy (non-hydrogen) atoms. The lowest BCUT2D eigenvalue weighted by Gasteiger charge is -2.22. The van der Waals surface area contributed by atoms with Crippen molar-refractivity contribution < 1.29 is 12.8 Å². The predicted molar refractivity (Wildman–Crippen MR) is 62.2 cm³/mol. The van der Waals surface area contributed by atoms with E-state index in [1.54, 1.807) is 12.1 Å². The summed E-state index contributed by atoms with van der Waals surface area (Å²) in [7, 11) is -2.85. The highest BCUT2D eigenvalue weighted by Crippen LogP contribution is 2.15. The van der Waals surface area contributed by atoms with Gasteiger partial charge in [-0.2, -0.15) is 0 Å². The fourth-order valence-corrected chi connectivity index (χ4v) is 3.71. The van der Waals surface area contributed by atoms with Crippen LogP contribution in [0, 0.1) is 0 Å². The van der Waals surface area contributed by atoms with Crippen LogP contribution >= 0.6 is 11.6 Å². The first-order valence-corrected chi connectivity index (χ1v) is 7.43. The molecular formula is C10H14ClNO3S. The van der Waals surface area contributed by atoms with E-state index in [0.717, 1.165) is 18.6 Å². The van der Waals surface area contributed by atoms with Gasteiger partial charge < -0.3 is 9.73 Å². The van der Waals surface area contributed by atoms with E-state index in [1.165, 1.54) is 0 Å². The van der Waals surface area contributed by atoms with E-state index < -0.39 is 9.84 Å². The van der Waals surface area contributed by atoms with E-state index >= 15 is 0 Å². The molecule has 1 aromatic rings. The fraction of sp³-hybridized carbons (Fsp3) is 0.600. The quantitative estimate of drug-likeness (QED) is 0.900. The van der Waals surface area contributed by atoms with Crippen LogP contribution in [-0.4, -0.2) is 26.0 Å². The van der Waals surface area contributed by atoms with Crippen molar-refractivity contribution in [1.82, 2.24) is 5.32 Å². The highest BCUT2D eigenvalue weighted by Gasteiger charge is 2.24. The molecule has 0 saturated carbocycles. The van der Waals surface area contributed by atoms with Crippen LogP contribution in [0.5, 0.6) is 0 Å². The van der Waals surface area contributed by atoms with Gasteiger partial charge in [0.15, 0.2) is 15.1 Å². The average molecular weight is 264 g/mol. The molecule has 1 aromatic heterocycles. The summed E-state index contributed by atoms with van der Waals surface area (Å²) >= 11 is 5.64. The molecule has 0 aromatic carbocycles. The molecule has 0 aliphatic carbocycles. The van der Waals surface area contributed by atoms with Crippen molar-refractivity contribution in [3.63, 3.8) is 0 Å². The standard InChI is InChI=1S/C10H14ClNO3S/c11-10-4-3-9(15-10)6-12-8-2-1-5-16(13,14)7-8/h3-4,8,12H,1-2,5-7H2. The van der Waals surface area contributed by atoms with Crippen LogP contribution in [0.4, 0.5) is 0 Å². The predicted octanol–water partition coefficient (Wildman–Crippen LogP) is 1.60. The molecule has 0 bridgehead atoms. The second-order valence-electron chi connectivity index (χ2n) is 4.04. The summed E-state index contributed by atoms with van der Waals surface area (Å²) in [5.41, 5.74) is 0. The molecule has 0 spiro atoms. The number of nitrogens with one attached hydrogen (secondary N) is 1. The molecule has 1 atom stereocenters. The molecule has 2 heterocycles. The van der Waals surface area contributed by atoms with E-state index in [9.17, 15) is 8.42 Å². The Balaban J connectivity index is 1.86. The molecule has 90 valence electrons. The van der Waals surface area contributed by atoms with Gasteiger partial charge in [0.25, 0.3) is 0 Å². The van der Waals surface area contributed by atoms with Crippen molar-refractivity contribution in [2.24, 2.45) is 0 Å². The monoisotopic (exact) mass is 263 g/mol. The maximum absolute atomic E-state index is 11.4. The number of rotatable bonds is 3. The van der Waals surface area contributed by atoms with Gasteiger partial charge in [-0.05, 0) is 36.6 Å². The van der Waals surface area contributed by atoms with Crippen LogP contribution in [-0.2, 0) is 16.4 Å². The molecule has 2 rings (SSSR count). The molecule has 6 heteroatoms. The van der Waals surface area contributed by atoms with E-state index in [-0.39, 0.29) is 11.8 Å². The zero-order chi connectivity index (χ0) is 11.6. The van der Waals surface area contributed by atoms with Gasteiger partial charge >= 0.3 is 0 Å². The third kappa shape index (κ3) is 3.23. The highest BCUT2D eigenvalue weighted by atomic mass is 35.5. The largest absolute Gasteiger partial charge is 0.448 e. The molecule has 0 amide bonds. The zero-order valence-electron chi connectivity index (χ0n) is 8.78. The zero-order valence-corrected chi connectivity index (χ0v) is 10.4. The van der Waals surface area contributed by atoms with Gasteiger partial charge in [0, 0.05) is 6.04 Å². The molecule has 1 N–H and O–H groups in total. The second kappa shape index (κ2) is 4.77. The first-order chi connectivity index (χ1) is 7.55. The summed E-state index contributed by atoms with van der Waals surface area (Å²) in [6, 6.07) is 3.49. The van der Waals surface area contributed by atoms with Gasteiger partial charge in [-0.3, -0.25) is 0 Å². The van der Waals surface area contributed by atoms with Crippen molar-refractivity contribution in [2.45, 2.75) is 25.4 Å². The number of halogens is 1. The molecule has 1 fully saturated rings. The minimum Gasteiger partial charge on any atom is -0.448 e. The molecule has 1 aliphatic heterocycles. The van der Waals surface area contributed by atoms with Crippen LogP contribution in [0.2, 0.25) is 5.22 Å².